The lowest BCUT2D eigenvalue weighted by atomic mass is 10.1. The maximum absolute atomic E-state index is 10.2. The van der Waals surface area contributed by atoms with E-state index in [9.17, 15) is 5.11 Å². The van der Waals surface area contributed by atoms with Crippen LogP contribution in [0.4, 0.5) is 0 Å². The summed E-state index contributed by atoms with van der Waals surface area (Å²) in [5.74, 6) is 0. The number of rotatable bonds is 4. The van der Waals surface area contributed by atoms with Crippen molar-refractivity contribution in [2.24, 2.45) is 0 Å². The van der Waals surface area contributed by atoms with E-state index in [1.807, 2.05) is 12.1 Å². The molecule has 2 aromatic rings. The van der Waals surface area contributed by atoms with Gasteiger partial charge in [-0.05, 0) is 24.0 Å². The average Bonchev–Trinajstić information content (AvgIpc) is 2.78. The highest BCUT2D eigenvalue weighted by Crippen LogP contribution is 2.26. The number of aromatic nitrogens is 3. The Morgan fingerprint density at radius 2 is 2.38 bits per heavy atom. The lowest BCUT2D eigenvalue weighted by Gasteiger charge is -2.08. The first-order chi connectivity index (χ1) is 7.83. The first kappa shape index (κ1) is 11.2. The predicted octanol–water partition coefficient (Wildman–Crippen LogP) is 1.97. The van der Waals surface area contributed by atoms with Gasteiger partial charge in [0.05, 0.1) is 10.6 Å². The number of hydrogen-bond donors (Lipinski definition) is 1. The van der Waals surface area contributed by atoms with Crippen molar-refractivity contribution in [1.29, 1.82) is 0 Å². The zero-order valence-corrected chi connectivity index (χ0v) is 9.81. The van der Waals surface area contributed by atoms with E-state index in [1.54, 1.807) is 12.4 Å². The maximum Gasteiger partial charge on any atom is 0.118 e. The number of hydrogen-bond acceptors (Lipinski definition) is 5. The SMILES string of the molecule is CCCc1nnsc1C(O)c1cccnc1. The maximum atomic E-state index is 10.2. The summed E-state index contributed by atoms with van der Waals surface area (Å²) in [5, 5.41) is 14.2. The molecule has 2 rings (SSSR count). The van der Waals surface area contributed by atoms with Gasteiger partial charge < -0.3 is 5.11 Å². The highest BCUT2D eigenvalue weighted by molar-refractivity contribution is 7.05. The minimum absolute atomic E-state index is 0.657. The highest BCUT2D eigenvalue weighted by Gasteiger charge is 2.18. The molecule has 0 radical (unpaired) electrons. The van der Waals surface area contributed by atoms with Gasteiger partial charge in [-0.3, -0.25) is 4.98 Å². The summed E-state index contributed by atoms with van der Waals surface area (Å²) < 4.78 is 3.90. The molecule has 0 spiro atoms. The van der Waals surface area contributed by atoms with Crippen molar-refractivity contribution in [1.82, 2.24) is 14.6 Å². The fraction of sp³-hybridized carbons (Fsp3) is 0.364. The van der Waals surface area contributed by atoms with E-state index in [0.29, 0.717) is 0 Å². The van der Waals surface area contributed by atoms with Crippen molar-refractivity contribution in [3.63, 3.8) is 0 Å². The third-order valence-corrected chi connectivity index (χ3v) is 3.14. The van der Waals surface area contributed by atoms with E-state index in [4.69, 9.17) is 0 Å². The van der Waals surface area contributed by atoms with Crippen LogP contribution in [0.3, 0.4) is 0 Å². The molecule has 0 aliphatic rings. The molecule has 1 N–H and O–H groups in total. The molecule has 0 amide bonds. The fourth-order valence-electron chi connectivity index (χ4n) is 1.52. The van der Waals surface area contributed by atoms with Crippen LogP contribution in [0.1, 0.15) is 35.6 Å². The van der Waals surface area contributed by atoms with Crippen LogP contribution in [0.2, 0.25) is 0 Å². The van der Waals surface area contributed by atoms with Crippen molar-refractivity contribution < 1.29 is 5.11 Å². The van der Waals surface area contributed by atoms with Crippen molar-refractivity contribution in [2.45, 2.75) is 25.9 Å². The molecule has 16 heavy (non-hydrogen) atoms. The Morgan fingerprint density at radius 1 is 1.50 bits per heavy atom. The Bertz CT molecular complexity index is 444. The van der Waals surface area contributed by atoms with Crippen LogP contribution in [-0.4, -0.2) is 19.7 Å². The third kappa shape index (κ3) is 2.25. The molecule has 2 heterocycles. The van der Waals surface area contributed by atoms with Gasteiger partial charge in [0, 0.05) is 18.0 Å². The second-order valence-electron chi connectivity index (χ2n) is 3.52. The number of nitrogens with zero attached hydrogens (tertiary/aromatic N) is 3. The standard InChI is InChI=1S/C11H13N3OS/c1-2-4-9-11(16-14-13-9)10(15)8-5-3-6-12-7-8/h3,5-7,10,15H,2,4H2,1H3. The summed E-state index contributed by atoms with van der Waals surface area (Å²) in [4.78, 5) is 4.82. The highest BCUT2D eigenvalue weighted by atomic mass is 32.1. The molecule has 5 heteroatoms. The van der Waals surface area contributed by atoms with Gasteiger partial charge in [0.1, 0.15) is 6.10 Å². The quantitative estimate of drug-likeness (QED) is 0.880. The van der Waals surface area contributed by atoms with Gasteiger partial charge in [0.2, 0.25) is 0 Å². The molecule has 1 atom stereocenters. The zero-order valence-electron chi connectivity index (χ0n) is 9.00. The number of aliphatic hydroxyl groups excluding tert-OH is 1. The van der Waals surface area contributed by atoms with E-state index in [0.717, 1.165) is 29.0 Å². The first-order valence-corrected chi connectivity index (χ1v) is 5.99. The van der Waals surface area contributed by atoms with Crippen LogP contribution in [0.5, 0.6) is 0 Å². The largest absolute Gasteiger partial charge is 0.383 e. The molecule has 4 nitrogen and oxygen atoms in total. The summed E-state index contributed by atoms with van der Waals surface area (Å²) in [6.45, 7) is 2.08. The van der Waals surface area contributed by atoms with Crippen LogP contribution in [0.25, 0.3) is 0 Å². The van der Waals surface area contributed by atoms with Crippen molar-refractivity contribution >= 4 is 11.5 Å². The third-order valence-electron chi connectivity index (χ3n) is 2.32. The van der Waals surface area contributed by atoms with Crippen LogP contribution in [0, 0.1) is 0 Å². The Hall–Kier alpha value is -1.33. The molecule has 1 unspecified atom stereocenters. The van der Waals surface area contributed by atoms with Gasteiger partial charge in [-0.1, -0.05) is 23.9 Å². The summed E-state index contributed by atoms with van der Waals surface area (Å²) in [7, 11) is 0. The molecular weight excluding hydrogens is 222 g/mol. The molecule has 84 valence electrons. The van der Waals surface area contributed by atoms with Crippen LogP contribution < -0.4 is 0 Å². The van der Waals surface area contributed by atoms with Gasteiger partial charge in [-0.25, -0.2) is 0 Å². The zero-order chi connectivity index (χ0) is 11.4. The van der Waals surface area contributed by atoms with Crippen LogP contribution in [0.15, 0.2) is 24.5 Å². The normalized spacial score (nSPS) is 12.6. The summed E-state index contributed by atoms with van der Waals surface area (Å²) in [5.41, 5.74) is 1.68. The predicted molar refractivity (Wildman–Crippen MR) is 62.2 cm³/mol. The van der Waals surface area contributed by atoms with Crippen molar-refractivity contribution in [2.75, 3.05) is 0 Å². The van der Waals surface area contributed by atoms with Crippen LogP contribution in [-0.2, 0) is 6.42 Å². The molecule has 0 aromatic carbocycles. The average molecular weight is 235 g/mol. The topological polar surface area (TPSA) is 58.9 Å². The number of pyridine rings is 1. The van der Waals surface area contributed by atoms with Crippen molar-refractivity contribution in [3.05, 3.63) is 40.7 Å². The van der Waals surface area contributed by atoms with E-state index in [-0.39, 0.29) is 0 Å². The van der Waals surface area contributed by atoms with E-state index in [1.165, 1.54) is 11.5 Å². The lowest BCUT2D eigenvalue weighted by Crippen LogP contribution is -2.01. The molecule has 0 bridgehead atoms. The van der Waals surface area contributed by atoms with Gasteiger partial charge in [0.15, 0.2) is 0 Å². The van der Waals surface area contributed by atoms with E-state index >= 15 is 0 Å². The minimum Gasteiger partial charge on any atom is -0.383 e. The second kappa shape index (κ2) is 5.14. The molecule has 0 aliphatic carbocycles. The smallest absolute Gasteiger partial charge is 0.118 e. The Labute approximate surface area is 98.2 Å². The lowest BCUT2D eigenvalue weighted by molar-refractivity contribution is 0.222. The van der Waals surface area contributed by atoms with E-state index in [2.05, 4.69) is 21.5 Å². The molecule has 0 fully saturated rings. The Kier molecular flexibility index (Phi) is 3.58. The number of aryl methyl sites for hydroxylation is 1. The van der Waals surface area contributed by atoms with Gasteiger partial charge in [-0.2, -0.15) is 0 Å². The first-order valence-electron chi connectivity index (χ1n) is 5.22. The molecule has 2 aromatic heterocycles. The molecular formula is C11H13N3OS. The van der Waals surface area contributed by atoms with Gasteiger partial charge >= 0.3 is 0 Å². The molecule has 0 saturated heterocycles. The minimum atomic E-state index is -0.657. The fourth-order valence-corrected chi connectivity index (χ4v) is 2.23. The monoisotopic (exact) mass is 235 g/mol. The molecule has 0 aliphatic heterocycles. The van der Waals surface area contributed by atoms with Gasteiger partial charge in [0.25, 0.3) is 0 Å². The number of aliphatic hydroxyl groups is 1. The Balaban J connectivity index is 2.27. The summed E-state index contributed by atoms with van der Waals surface area (Å²) in [6, 6.07) is 3.67. The summed E-state index contributed by atoms with van der Waals surface area (Å²) in [6.07, 6.45) is 4.55. The second-order valence-corrected chi connectivity index (χ2v) is 4.31. The van der Waals surface area contributed by atoms with Crippen molar-refractivity contribution in [3.8, 4) is 0 Å². The van der Waals surface area contributed by atoms with Crippen LogP contribution >= 0.6 is 11.5 Å². The van der Waals surface area contributed by atoms with Gasteiger partial charge in [-0.15, -0.1) is 5.10 Å². The Morgan fingerprint density at radius 3 is 3.06 bits per heavy atom. The van der Waals surface area contributed by atoms with E-state index < -0.39 is 6.10 Å². The summed E-state index contributed by atoms with van der Waals surface area (Å²) >= 11 is 1.25. The molecule has 0 saturated carbocycles.